The van der Waals surface area contributed by atoms with Crippen LogP contribution in [0.4, 0.5) is 0 Å². The molecule has 3 nitrogen and oxygen atoms in total. The normalized spacial score (nSPS) is 15.4. The third-order valence-corrected chi connectivity index (χ3v) is 5.53. The number of nitrogens with one attached hydrogen (secondary N) is 1. The molecule has 1 heterocycles. The number of hydrogen-bond acceptors (Lipinski definition) is 2. The van der Waals surface area contributed by atoms with Gasteiger partial charge in [0.05, 0.1) is 13.0 Å². The minimum atomic E-state index is 0.552. The highest BCUT2D eigenvalue weighted by Gasteiger charge is 2.13. The number of rotatable bonds is 16. The van der Waals surface area contributed by atoms with Crippen LogP contribution in [0.25, 0.3) is 0 Å². The van der Waals surface area contributed by atoms with Gasteiger partial charge in [-0.25, -0.2) is 4.99 Å². The minimum absolute atomic E-state index is 0.552. The van der Waals surface area contributed by atoms with Crippen molar-refractivity contribution in [2.75, 3.05) is 6.67 Å². The summed E-state index contributed by atoms with van der Waals surface area (Å²) in [4.78, 5) is 6.42. The number of hydrogen-bond donors (Lipinski definition) is 1. The number of unbranched alkanes of at least 4 members (excludes halogenated alkanes) is 13. The SMILES string of the molecule is CCCCCCCCCCCCCCCCC(C)N1C=NC(=S)NC1. The lowest BCUT2D eigenvalue weighted by Gasteiger charge is -2.29. The average Bonchev–Trinajstić information content (AvgIpc) is 2.62. The van der Waals surface area contributed by atoms with Crippen molar-refractivity contribution in [3.63, 3.8) is 0 Å². The molecule has 4 heteroatoms. The fraction of sp³-hybridized carbons (Fsp3) is 0.905. The molecule has 0 amide bonds. The largest absolute Gasteiger partial charge is 0.343 e. The van der Waals surface area contributed by atoms with E-state index in [4.69, 9.17) is 12.2 Å². The summed E-state index contributed by atoms with van der Waals surface area (Å²) in [6.07, 6.45) is 23.1. The standard InChI is InChI=1S/C21H41N3S/c1-3-4-5-6-7-8-9-10-11-12-13-14-15-16-17-20(2)24-18-22-21(25)23-19-24/h18,20H,3-17,19H2,1-2H3,(H,23,25). The molecule has 1 aliphatic heterocycles. The molecule has 0 radical (unpaired) electrons. The second kappa shape index (κ2) is 15.6. The molecule has 0 saturated carbocycles. The Morgan fingerprint density at radius 2 is 1.40 bits per heavy atom. The molecule has 0 aromatic rings. The minimum Gasteiger partial charge on any atom is -0.343 e. The van der Waals surface area contributed by atoms with Crippen LogP contribution in [0.3, 0.4) is 0 Å². The van der Waals surface area contributed by atoms with Gasteiger partial charge in [0.1, 0.15) is 0 Å². The maximum atomic E-state index is 5.01. The van der Waals surface area contributed by atoms with Gasteiger partial charge in [-0.2, -0.15) is 0 Å². The van der Waals surface area contributed by atoms with E-state index in [1.807, 2.05) is 6.34 Å². The van der Waals surface area contributed by atoms with E-state index in [2.05, 4.69) is 29.1 Å². The first-order chi connectivity index (χ1) is 12.2. The molecule has 25 heavy (non-hydrogen) atoms. The Labute approximate surface area is 162 Å². The zero-order chi connectivity index (χ0) is 18.2. The predicted molar refractivity (Wildman–Crippen MR) is 115 cm³/mol. The first kappa shape index (κ1) is 22.4. The summed E-state index contributed by atoms with van der Waals surface area (Å²) in [6.45, 7) is 5.38. The van der Waals surface area contributed by atoms with Crippen LogP contribution in [0.1, 0.15) is 110 Å². The maximum absolute atomic E-state index is 5.01. The van der Waals surface area contributed by atoms with E-state index in [1.54, 1.807) is 0 Å². The van der Waals surface area contributed by atoms with Crippen molar-refractivity contribution < 1.29 is 0 Å². The first-order valence-corrected chi connectivity index (χ1v) is 11.2. The molecular formula is C21H41N3S. The molecule has 0 aromatic carbocycles. The second-order valence-corrected chi connectivity index (χ2v) is 8.02. The van der Waals surface area contributed by atoms with Crippen LogP contribution in [0, 0.1) is 0 Å². The number of nitrogens with zero attached hydrogens (tertiary/aromatic N) is 2. The van der Waals surface area contributed by atoms with Crippen LogP contribution in [-0.4, -0.2) is 29.1 Å². The van der Waals surface area contributed by atoms with E-state index in [9.17, 15) is 0 Å². The van der Waals surface area contributed by atoms with Gasteiger partial charge in [-0.15, -0.1) is 0 Å². The topological polar surface area (TPSA) is 27.6 Å². The molecule has 1 N–H and O–H groups in total. The van der Waals surface area contributed by atoms with Gasteiger partial charge < -0.3 is 10.2 Å². The summed E-state index contributed by atoms with van der Waals surface area (Å²) in [5, 5.41) is 3.74. The van der Waals surface area contributed by atoms with E-state index in [0.29, 0.717) is 11.2 Å². The highest BCUT2D eigenvalue weighted by molar-refractivity contribution is 7.80. The first-order valence-electron chi connectivity index (χ1n) is 10.8. The van der Waals surface area contributed by atoms with Crippen LogP contribution < -0.4 is 5.32 Å². The van der Waals surface area contributed by atoms with Gasteiger partial charge in [0, 0.05) is 6.04 Å². The highest BCUT2D eigenvalue weighted by Crippen LogP contribution is 2.14. The predicted octanol–water partition coefficient (Wildman–Crippen LogP) is 6.42. The molecule has 0 fully saturated rings. The monoisotopic (exact) mass is 367 g/mol. The van der Waals surface area contributed by atoms with Gasteiger partial charge in [-0.1, -0.05) is 96.8 Å². The lowest BCUT2D eigenvalue weighted by atomic mass is 10.0. The van der Waals surface area contributed by atoms with Crippen molar-refractivity contribution in [2.45, 2.75) is 116 Å². The summed E-state index contributed by atoms with van der Waals surface area (Å²) in [5.74, 6) is 0. The van der Waals surface area contributed by atoms with E-state index >= 15 is 0 Å². The van der Waals surface area contributed by atoms with E-state index < -0.39 is 0 Å². The molecule has 0 aromatic heterocycles. The van der Waals surface area contributed by atoms with E-state index in [0.717, 1.165) is 6.67 Å². The van der Waals surface area contributed by atoms with Crippen molar-refractivity contribution in [3.05, 3.63) is 0 Å². The Kier molecular flexibility index (Phi) is 14.0. The van der Waals surface area contributed by atoms with Crippen molar-refractivity contribution in [2.24, 2.45) is 4.99 Å². The van der Waals surface area contributed by atoms with Crippen LogP contribution in [0.2, 0.25) is 0 Å². The zero-order valence-corrected chi connectivity index (χ0v) is 17.6. The molecule has 1 unspecified atom stereocenters. The van der Waals surface area contributed by atoms with Gasteiger partial charge in [0.2, 0.25) is 0 Å². The summed E-state index contributed by atoms with van der Waals surface area (Å²) in [6, 6.07) is 0.552. The molecule has 1 rings (SSSR count). The third kappa shape index (κ3) is 12.4. The molecule has 1 aliphatic rings. The van der Waals surface area contributed by atoms with Gasteiger partial charge in [0.25, 0.3) is 0 Å². The van der Waals surface area contributed by atoms with Crippen molar-refractivity contribution in [1.29, 1.82) is 0 Å². The third-order valence-electron chi connectivity index (χ3n) is 5.28. The maximum Gasteiger partial charge on any atom is 0.195 e. The number of thiocarbonyl (C=S) groups is 1. The molecule has 1 atom stereocenters. The summed E-state index contributed by atoms with van der Waals surface area (Å²) < 4.78 is 0. The second-order valence-electron chi connectivity index (χ2n) is 7.63. The van der Waals surface area contributed by atoms with Gasteiger partial charge in [-0.3, -0.25) is 0 Å². The van der Waals surface area contributed by atoms with Crippen molar-refractivity contribution in [1.82, 2.24) is 10.2 Å². The number of aliphatic imine (C=N–C) groups is 1. The molecule has 0 spiro atoms. The zero-order valence-electron chi connectivity index (χ0n) is 16.8. The molecule has 0 aliphatic carbocycles. The van der Waals surface area contributed by atoms with Crippen LogP contribution in [0.15, 0.2) is 4.99 Å². The summed E-state index contributed by atoms with van der Waals surface area (Å²) in [7, 11) is 0. The lowest BCUT2D eigenvalue weighted by molar-refractivity contribution is 0.305. The molecule has 0 bridgehead atoms. The quantitative estimate of drug-likeness (QED) is 0.252. The van der Waals surface area contributed by atoms with Gasteiger partial charge in [0.15, 0.2) is 5.11 Å². The van der Waals surface area contributed by atoms with Crippen LogP contribution in [0.5, 0.6) is 0 Å². The van der Waals surface area contributed by atoms with Crippen molar-refractivity contribution in [3.8, 4) is 0 Å². The van der Waals surface area contributed by atoms with Gasteiger partial charge in [-0.05, 0) is 25.6 Å². The Balaban J connectivity index is 1.80. The Bertz CT molecular complexity index is 357. The summed E-state index contributed by atoms with van der Waals surface area (Å²) >= 11 is 5.01. The Morgan fingerprint density at radius 3 is 1.84 bits per heavy atom. The van der Waals surface area contributed by atoms with Crippen LogP contribution >= 0.6 is 12.2 Å². The van der Waals surface area contributed by atoms with Crippen LogP contribution in [-0.2, 0) is 0 Å². The van der Waals surface area contributed by atoms with Gasteiger partial charge >= 0.3 is 0 Å². The molecule has 0 saturated heterocycles. The smallest absolute Gasteiger partial charge is 0.195 e. The van der Waals surface area contributed by atoms with E-state index in [1.165, 1.54) is 96.3 Å². The Morgan fingerprint density at radius 1 is 0.920 bits per heavy atom. The highest BCUT2D eigenvalue weighted by atomic mass is 32.1. The Hall–Kier alpha value is -0.640. The fourth-order valence-corrected chi connectivity index (χ4v) is 3.55. The summed E-state index contributed by atoms with van der Waals surface area (Å²) in [5.41, 5.74) is 0. The van der Waals surface area contributed by atoms with E-state index in [-0.39, 0.29) is 0 Å². The van der Waals surface area contributed by atoms with Crippen molar-refractivity contribution >= 4 is 23.7 Å². The lowest BCUT2D eigenvalue weighted by Crippen LogP contribution is -2.44. The molecule has 146 valence electrons. The molecular weight excluding hydrogens is 326 g/mol. The average molecular weight is 368 g/mol. The fourth-order valence-electron chi connectivity index (χ4n) is 3.44.